The molecule has 0 unspecified atom stereocenters. The SMILES string of the molecule is CCCCCCCCCCCCCCCCCCCS(=O)(=O)[O-].[K+]. The van der Waals surface area contributed by atoms with Crippen molar-refractivity contribution in [1.82, 2.24) is 0 Å². The standard InChI is InChI=1S/C19H40O3S.K/c1-2-3-4-5-6-7-8-9-10-11-12-13-14-15-16-17-18-19-23(20,21)22;/h2-19H2,1H3,(H,20,21,22);/q;+1/p-1. The molecular weight excluding hydrogens is 347 g/mol. The van der Waals surface area contributed by atoms with Crippen molar-refractivity contribution in [1.29, 1.82) is 0 Å². The maximum Gasteiger partial charge on any atom is 1.00 e. The second-order valence-corrected chi connectivity index (χ2v) is 8.44. The van der Waals surface area contributed by atoms with Crippen LogP contribution in [0.3, 0.4) is 0 Å². The Kier molecular flexibility index (Phi) is 24.1. The second-order valence-electron chi connectivity index (χ2n) is 6.92. The maximum atomic E-state index is 10.4. The molecule has 0 bridgehead atoms. The van der Waals surface area contributed by atoms with Gasteiger partial charge >= 0.3 is 51.4 Å². The van der Waals surface area contributed by atoms with Gasteiger partial charge < -0.3 is 4.55 Å². The van der Waals surface area contributed by atoms with E-state index in [4.69, 9.17) is 0 Å². The van der Waals surface area contributed by atoms with E-state index in [2.05, 4.69) is 6.92 Å². The molecule has 0 aromatic rings. The Morgan fingerprint density at radius 2 is 0.792 bits per heavy atom. The monoisotopic (exact) mass is 386 g/mol. The van der Waals surface area contributed by atoms with E-state index >= 15 is 0 Å². The van der Waals surface area contributed by atoms with Gasteiger partial charge in [-0.2, -0.15) is 0 Å². The van der Waals surface area contributed by atoms with Crippen LogP contribution < -0.4 is 51.4 Å². The van der Waals surface area contributed by atoms with Gasteiger partial charge in [0.2, 0.25) is 0 Å². The van der Waals surface area contributed by atoms with Crippen LogP contribution in [0, 0.1) is 0 Å². The molecule has 0 aliphatic rings. The van der Waals surface area contributed by atoms with Crippen molar-refractivity contribution in [2.75, 3.05) is 5.75 Å². The van der Waals surface area contributed by atoms with Crippen LogP contribution in [0.1, 0.15) is 116 Å². The van der Waals surface area contributed by atoms with Gasteiger partial charge in [-0.25, -0.2) is 8.42 Å². The summed E-state index contributed by atoms with van der Waals surface area (Å²) in [4.78, 5) is 0. The molecule has 0 rings (SSSR count). The summed E-state index contributed by atoms with van der Waals surface area (Å²) in [6.07, 6.45) is 21.5. The normalized spacial score (nSPS) is 11.4. The largest absolute Gasteiger partial charge is 1.00 e. The van der Waals surface area contributed by atoms with Crippen LogP contribution in [0.4, 0.5) is 0 Å². The number of rotatable bonds is 18. The van der Waals surface area contributed by atoms with Crippen molar-refractivity contribution in [3.05, 3.63) is 0 Å². The molecule has 0 saturated heterocycles. The zero-order valence-corrected chi connectivity index (χ0v) is 20.3. The minimum absolute atomic E-state index is 0. The van der Waals surface area contributed by atoms with E-state index < -0.39 is 10.1 Å². The first-order valence-electron chi connectivity index (χ1n) is 10.00. The van der Waals surface area contributed by atoms with Crippen LogP contribution in [-0.4, -0.2) is 18.7 Å². The van der Waals surface area contributed by atoms with Crippen LogP contribution in [0.15, 0.2) is 0 Å². The van der Waals surface area contributed by atoms with E-state index in [-0.39, 0.29) is 57.1 Å². The van der Waals surface area contributed by atoms with Crippen molar-refractivity contribution < 1.29 is 64.4 Å². The van der Waals surface area contributed by atoms with E-state index in [1.807, 2.05) is 0 Å². The summed E-state index contributed by atoms with van der Waals surface area (Å²) in [6.45, 7) is 2.27. The molecule has 0 spiro atoms. The predicted molar refractivity (Wildman–Crippen MR) is 98.7 cm³/mol. The summed E-state index contributed by atoms with van der Waals surface area (Å²) >= 11 is 0. The van der Waals surface area contributed by atoms with Gasteiger partial charge in [-0.05, 0) is 6.42 Å². The van der Waals surface area contributed by atoms with E-state index in [0.717, 1.165) is 12.8 Å². The molecule has 3 nitrogen and oxygen atoms in total. The van der Waals surface area contributed by atoms with Crippen LogP contribution in [-0.2, 0) is 10.1 Å². The molecule has 0 aliphatic heterocycles. The predicted octanol–water partition coefficient (Wildman–Crippen LogP) is 3.19. The third-order valence-corrected chi connectivity index (χ3v) is 5.29. The topological polar surface area (TPSA) is 57.2 Å². The minimum atomic E-state index is -3.99. The van der Waals surface area contributed by atoms with Gasteiger partial charge in [-0.3, -0.25) is 0 Å². The van der Waals surface area contributed by atoms with Crippen LogP contribution in [0.5, 0.6) is 0 Å². The molecule has 0 amide bonds. The van der Waals surface area contributed by atoms with Gasteiger partial charge in [-0.15, -0.1) is 0 Å². The summed E-state index contributed by atoms with van der Waals surface area (Å²) in [5, 5.41) is 0. The van der Waals surface area contributed by atoms with Crippen molar-refractivity contribution in [3.63, 3.8) is 0 Å². The summed E-state index contributed by atoms with van der Waals surface area (Å²) in [6, 6.07) is 0. The van der Waals surface area contributed by atoms with Crippen molar-refractivity contribution in [2.45, 2.75) is 116 Å². The van der Waals surface area contributed by atoms with E-state index in [1.165, 1.54) is 89.9 Å². The van der Waals surface area contributed by atoms with E-state index in [0.29, 0.717) is 6.42 Å². The molecule has 5 heteroatoms. The molecule has 24 heavy (non-hydrogen) atoms. The summed E-state index contributed by atoms with van der Waals surface area (Å²) in [7, 11) is -3.99. The molecule has 0 aliphatic carbocycles. The Labute approximate surface area is 194 Å². The Hall–Kier alpha value is 1.55. The third-order valence-electron chi connectivity index (χ3n) is 4.50. The summed E-state index contributed by atoms with van der Waals surface area (Å²) in [5.74, 6) is -0.189. The smallest absolute Gasteiger partial charge is 0.748 e. The van der Waals surface area contributed by atoms with Crippen molar-refractivity contribution >= 4 is 10.1 Å². The average molecular weight is 387 g/mol. The molecule has 0 saturated carbocycles. The Bertz CT molecular complexity index is 332. The Balaban J connectivity index is 0. The number of hydrogen-bond donors (Lipinski definition) is 0. The summed E-state index contributed by atoms with van der Waals surface area (Å²) in [5.41, 5.74) is 0. The molecule has 0 N–H and O–H groups in total. The first-order valence-corrected chi connectivity index (χ1v) is 11.6. The molecule has 0 aromatic heterocycles. The molecule has 0 aromatic carbocycles. The van der Waals surface area contributed by atoms with Gasteiger partial charge in [0, 0.05) is 5.75 Å². The van der Waals surface area contributed by atoms with Gasteiger partial charge in [0.15, 0.2) is 0 Å². The summed E-state index contributed by atoms with van der Waals surface area (Å²) < 4.78 is 31.3. The maximum absolute atomic E-state index is 10.4. The fourth-order valence-corrected chi connectivity index (χ4v) is 3.56. The van der Waals surface area contributed by atoms with Gasteiger partial charge in [0.1, 0.15) is 0 Å². The third kappa shape index (κ3) is 25.8. The van der Waals surface area contributed by atoms with Gasteiger partial charge in [0.25, 0.3) is 0 Å². The van der Waals surface area contributed by atoms with Crippen LogP contribution in [0.2, 0.25) is 0 Å². The molecule has 140 valence electrons. The average Bonchev–Trinajstić information content (AvgIpc) is 2.49. The van der Waals surface area contributed by atoms with Gasteiger partial charge in [-0.1, -0.05) is 110 Å². The zero-order chi connectivity index (χ0) is 17.2. The van der Waals surface area contributed by atoms with E-state index in [9.17, 15) is 13.0 Å². The Morgan fingerprint density at radius 3 is 1.04 bits per heavy atom. The Morgan fingerprint density at radius 1 is 0.542 bits per heavy atom. The minimum Gasteiger partial charge on any atom is -0.748 e. The van der Waals surface area contributed by atoms with Crippen molar-refractivity contribution in [3.8, 4) is 0 Å². The second kappa shape index (κ2) is 20.9. The molecule has 0 heterocycles. The first kappa shape index (κ1) is 27.8. The first-order chi connectivity index (χ1) is 11.1. The van der Waals surface area contributed by atoms with Gasteiger partial charge in [0.05, 0.1) is 10.1 Å². The number of hydrogen-bond acceptors (Lipinski definition) is 3. The quantitative estimate of drug-likeness (QED) is 0.206. The number of unbranched alkanes of at least 4 members (excludes halogenated alkanes) is 16. The molecule has 0 fully saturated rings. The fraction of sp³-hybridized carbons (Fsp3) is 1.00. The zero-order valence-electron chi connectivity index (χ0n) is 16.4. The molecule has 0 radical (unpaired) electrons. The van der Waals surface area contributed by atoms with Crippen molar-refractivity contribution in [2.24, 2.45) is 0 Å². The molecular formula is C19H39KO3S. The van der Waals surface area contributed by atoms with Crippen LogP contribution in [0.25, 0.3) is 0 Å². The fourth-order valence-electron chi connectivity index (χ4n) is 3.00. The van der Waals surface area contributed by atoms with E-state index in [1.54, 1.807) is 0 Å². The van der Waals surface area contributed by atoms with Crippen LogP contribution >= 0.6 is 0 Å². The molecule has 0 atom stereocenters.